The Morgan fingerprint density at radius 3 is 2.62 bits per heavy atom. The highest BCUT2D eigenvalue weighted by Gasteiger charge is 2.24. The molecule has 112 valence electrons. The van der Waals surface area contributed by atoms with Crippen molar-refractivity contribution in [2.24, 2.45) is 0 Å². The Morgan fingerprint density at radius 1 is 1.29 bits per heavy atom. The van der Waals surface area contributed by atoms with Gasteiger partial charge in [0, 0.05) is 25.7 Å². The number of anilines is 1. The second-order valence-corrected chi connectivity index (χ2v) is 8.06. The number of hydrogen-bond acceptors (Lipinski definition) is 5. The van der Waals surface area contributed by atoms with Gasteiger partial charge in [0.1, 0.15) is 6.07 Å². The summed E-state index contributed by atoms with van der Waals surface area (Å²) in [5.74, 6) is 0.339. The molecule has 1 aromatic carbocycles. The summed E-state index contributed by atoms with van der Waals surface area (Å²) in [6.07, 6.45) is 2.48. The summed E-state index contributed by atoms with van der Waals surface area (Å²) in [6.45, 7) is 1.72. The number of rotatable bonds is 4. The van der Waals surface area contributed by atoms with Gasteiger partial charge in [0.05, 0.1) is 22.8 Å². The Kier molecular flexibility index (Phi) is 3.87. The lowest BCUT2D eigenvalue weighted by Crippen LogP contribution is -2.40. The molecular weight excluding hydrogens is 286 g/mol. The van der Waals surface area contributed by atoms with Crippen molar-refractivity contribution >= 4 is 15.5 Å². The minimum absolute atomic E-state index is 0.169. The van der Waals surface area contributed by atoms with Crippen molar-refractivity contribution in [2.45, 2.75) is 25.4 Å². The molecule has 1 aliphatic heterocycles. The Balaban J connectivity index is 1.74. The molecule has 1 heterocycles. The quantitative estimate of drug-likeness (QED) is 0.900. The minimum atomic E-state index is -2.90. The van der Waals surface area contributed by atoms with E-state index in [0.717, 1.165) is 17.8 Å². The van der Waals surface area contributed by atoms with E-state index in [1.165, 1.54) is 12.8 Å². The van der Waals surface area contributed by atoms with E-state index in [4.69, 9.17) is 0 Å². The Bertz CT molecular complexity index is 661. The van der Waals surface area contributed by atoms with Crippen molar-refractivity contribution in [2.75, 3.05) is 29.5 Å². The molecular formula is C15H19N3O2S. The zero-order chi connectivity index (χ0) is 14.9. The molecule has 0 unspecified atom stereocenters. The highest BCUT2D eigenvalue weighted by molar-refractivity contribution is 7.91. The monoisotopic (exact) mass is 305 g/mol. The first-order valence-electron chi connectivity index (χ1n) is 7.29. The van der Waals surface area contributed by atoms with Crippen LogP contribution in [0.5, 0.6) is 0 Å². The molecule has 0 bridgehead atoms. The highest BCUT2D eigenvalue weighted by atomic mass is 32.2. The molecule has 1 aliphatic carbocycles. The lowest BCUT2D eigenvalue weighted by molar-refractivity contribution is 0.587. The lowest BCUT2D eigenvalue weighted by Gasteiger charge is -2.29. The smallest absolute Gasteiger partial charge is 0.153 e. The molecule has 2 aliphatic rings. The molecule has 0 spiro atoms. The van der Waals surface area contributed by atoms with Crippen LogP contribution in [0.3, 0.4) is 0 Å². The van der Waals surface area contributed by atoms with E-state index in [2.05, 4.69) is 11.4 Å². The van der Waals surface area contributed by atoms with Crippen molar-refractivity contribution in [3.8, 4) is 6.07 Å². The van der Waals surface area contributed by atoms with Crippen LogP contribution in [-0.2, 0) is 16.4 Å². The van der Waals surface area contributed by atoms with Crippen molar-refractivity contribution in [3.05, 3.63) is 29.3 Å². The van der Waals surface area contributed by atoms with Gasteiger partial charge in [-0.1, -0.05) is 6.07 Å². The second kappa shape index (κ2) is 5.66. The van der Waals surface area contributed by atoms with Crippen LogP contribution < -0.4 is 10.2 Å². The maximum absolute atomic E-state index is 11.5. The van der Waals surface area contributed by atoms with Crippen LogP contribution in [0, 0.1) is 11.3 Å². The van der Waals surface area contributed by atoms with E-state index in [0.29, 0.717) is 24.7 Å². The van der Waals surface area contributed by atoms with Gasteiger partial charge >= 0.3 is 0 Å². The SMILES string of the molecule is N#Cc1cc(CNC2CC2)ccc1N1CCS(=O)(=O)CC1. The molecule has 2 fully saturated rings. The summed E-state index contributed by atoms with van der Waals surface area (Å²) in [5.41, 5.74) is 2.58. The molecule has 0 aromatic heterocycles. The van der Waals surface area contributed by atoms with Crippen LogP contribution in [0.4, 0.5) is 5.69 Å². The fraction of sp³-hybridized carbons (Fsp3) is 0.533. The van der Waals surface area contributed by atoms with Gasteiger partial charge in [-0.2, -0.15) is 5.26 Å². The average molecular weight is 305 g/mol. The third-order valence-electron chi connectivity index (χ3n) is 4.04. The van der Waals surface area contributed by atoms with E-state index in [1.54, 1.807) is 0 Å². The normalized spacial score (nSPS) is 21.0. The lowest BCUT2D eigenvalue weighted by atomic mass is 10.1. The predicted molar refractivity (Wildman–Crippen MR) is 81.9 cm³/mol. The van der Waals surface area contributed by atoms with Crippen LogP contribution in [-0.4, -0.2) is 39.1 Å². The number of benzene rings is 1. The van der Waals surface area contributed by atoms with E-state index in [9.17, 15) is 13.7 Å². The average Bonchev–Trinajstić information content (AvgIpc) is 3.29. The maximum Gasteiger partial charge on any atom is 0.153 e. The zero-order valence-corrected chi connectivity index (χ0v) is 12.7. The number of nitrogens with zero attached hydrogens (tertiary/aromatic N) is 2. The molecule has 3 rings (SSSR count). The first-order chi connectivity index (χ1) is 10.1. The van der Waals surface area contributed by atoms with E-state index in [-0.39, 0.29) is 11.5 Å². The molecule has 5 nitrogen and oxygen atoms in total. The Labute approximate surface area is 125 Å². The van der Waals surface area contributed by atoms with Gasteiger partial charge in [-0.25, -0.2) is 8.42 Å². The molecule has 0 radical (unpaired) electrons. The van der Waals surface area contributed by atoms with Crippen molar-refractivity contribution < 1.29 is 8.42 Å². The topological polar surface area (TPSA) is 73.2 Å². The number of nitrogens with one attached hydrogen (secondary N) is 1. The summed E-state index contributed by atoms with van der Waals surface area (Å²) in [5, 5.41) is 12.8. The fourth-order valence-corrected chi connectivity index (χ4v) is 3.76. The van der Waals surface area contributed by atoms with Crippen molar-refractivity contribution in [1.82, 2.24) is 5.32 Å². The third kappa shape index (κ3) is 3.55. The third-order valence-corrected chi connectivity index (χ3v) is 5.65. The molecule has 6 heteroatoms. The first-order valence-corrected chi connectivity index (χ1v) is 9.11. The summed E-state index contributed by atoms with van der Waals surface area (Å²) in [6, 6.07) is 8.76. The van der Waals surface area contributed by atoms with E-state index >= 15 is 0 Å². The van der Waals surface area contributed by atoms with Gasteiger partial charge in [0.25, 0.3) is 0 Å². The zero-order valence-electron chi connectivity index (χ0n) is 11.9. The summed E-state index contributed by atoms with van der Waals surface area (Å²) in [7, 11) is -2.90. The minimum Gasteiger partial charge on any atom is -0.368 e. The van der Waals surface area contributed by atoms with Gasteiger partial charge in [-0.3, -0.25) is 0 Å². The molecule has 1 N–H and O–H groups in total. The van der Waals surface area contributed by atoms with Gasteiger partial charge in [-0.05, 0) is 30.5 Å². The first kappa shape index (κ1) is 14.4. The van der Waals surface area contributed by atoms with Gasteiger partial charge in [-0.15, -0.1) is 0 Å². The number of nitriles is 1. The van der Waals surface area contributed by atoms with Crippen LogP contribution in [0.15, 0.2) is 18.2 Å². The summed E-state index contributed by atoms with van der Waals surface area (Å²) < 4.78 is 23.0. The molecule has 1 saturated carbocycles. The number of hydrogen-bond donors (Lipinski definition) is 1. The Morgan fingerprint density at radius 2 is 2.00 bits per heavy atom. The fourth-order valence-electron chi connectivity index (χ4n) is 2.56. The largest absolute Gasteiger partial charge is 0.368 e. The predicted octanol–water partition coefficient (Wildman–Crippen LogP) is 1.05. The standard InChI is InChI=1S/C15H19N3O2S/c16-10-13-9-12(11-17-14-2-3-14)1-4-15(13)18-5-7-21(19,20)8-6-18/h1,4,9,14,17H,2-3,5-8,11H2. The van der Waals surface area contributed by atoms with E-state index in [1.807, 2.05) is 23.1 Å². The molecule has 1 aromatic rings. The summed E-state index contributed by atoms with van der Waals surface area (Å²) in [4.78, 5) is 2.00. The maximum atomic E-state index is 11.5. The molecule has 21 heavy (non-hydrogen) atoms. The molecule has 0 amide bonds. The molecule has 1 saturated heterocycles. The molecule has 0 atom stereocenters. The second-order valence-electron chi connectivity index (χ2n) is 5.76. The van der Waals surface area contributed by atoms with Crippen molar-refractivity contribution in [3.63, 3.8) is 0 Å². The highest BCUT2D eigenvalue weighted by Crippen LogP contribution is 2.24. The Hall–Kier alpha value is -1.58. The van der Waals surface area contributed by atoms with E-state index < -0.39 is 9.84 Å². The van der Waals surface area contributed by atoms with Gasteiger partial charge in [0.2, 0.25) is 0 Å². The van der Waals surface area contributed by atoms with Gasteiger partial charge < -0.3 is 10.2 Å². The van der Waals surface area contributed by atoms with Crippen LogP contribution >= 0.6 is 0 Å². The van der Waals surface area contributed by atoms with Gasteiger partial charge in [0.15, 0.2) is 9.84 Å². The van der Waals surface area contributed by atoms with Crippen LogP contribution in [0.1, 0.15) is 24.0 Å². The van der Waals surface area contributed by atoms with Crippen LogP contribution in [0.25, 0.3) is 0 Å². The number of sulfone groups is 1. The van der Waals surface area contributed by atoms with Crippen LogP contribution in [0.2, 0.25) is 0 Å². The summed E-state index contributed by atoms with van der Waals surface area (Å²) >= 11 is 0. The van der Waals surface area contributed by atoms with Crippen molar-refractivity contribution in [1.29, 1.82) is 5.26 Å².